The van der Waals surface area contributed by atoms with Gasteiger partial charge in [0.15, 0.2) is 5.75 Å². The Morgan fingerprint density at radius 3 is 2.74 bits per heavy atom. The first kappa shape index (κ1) is 23.5. The fraction of sp³-hybridized carbons (Fsp3) is 0.308. The predicted octanol–water partition coefficient (Wildman–Crippen LogP) is 3.04. The molecule has 3 aromatic carbocycles. The minimum Gasteiger partial charge on any atom is -0.496 e. The van der Waals surface area contributed by atoms with Crippen molar-refractivity contribution in [1.29, 1.82) is 0 Å². The van der Waals surface area contributed by atoms with E-state index in [2.05, 4.69) is 10.6 Å². The largest absolute Gasteiger partial charge is 0.496 e. The highest BCUT2D eigenvalue weighted by atomic mass is 16.5. The Bertz CT molecular complexity index is 1210. The Labute approximate surface area is 198 Å². The van der Waals surface area contributed by atoms with Crippen LogP contribution in [-0.4, -0.2) is 56.4 Å². The maximum Gasteiger partial charge on any atom is 0.339 e. The van der Waals surface area contributed by atoms with E-state index < -0.39 is 12.0 Å². The summed E-state index contributed by atoms with van der Waals surface area (Å²) in [5.74, 6) is -0.462. The Kier molecular flexibility index (Phi) is 7.00. The van der Waals surface area contributed by atoms with Gasteiger partial charge in [0.25, 0.3) is 0 Å². The monoisotopic (exact) mass is 463 g/mol. The Morgan fingerprint density at radius 2 is 2.00 bits per heavy atom. The number of rotatable bonds is 8. The number of methoxy groups -OCH3 is 1. The molecule has 1 aliphatic heterocycles. The van der Waals surface area contributed by atoms with Crippen LogP contribution in [0.25, 0.3) is 10.8 Å². The number of nitrogens with zero attached hydrogens (tertiary/aromatic N) is 1. The molecule has 1 amide bonds. The lowest BCUT2D eigenvalue weighted by atomic mass is 10.0. The van der Waals surface area contributed by atoms with Crippen LogP contribution in [0.1, 0.15) is 22.8 Å². The number of hydrogen-bond acceptors (Lipinski definition) is 6. The minimum atomic E-state index is -1.11. The summed E-state index contributed by atoms with van der Waals surface area (Å²) in [7, 11) is 3.45. The quantitative estimate of drug-likeness (QED) is 0.472. The van der Waals surface area contributed by atoms with Crippen LogP contribution < -0.4 is 25.0 Å². The summed E-state index contributed by atoms with van der Waals surface area (Å²) < 4.78 is 11.6. The highest BCUT2D eigenvalue weighted by Crippen LogP contribution is 2.38. The van der Waals surface area contributed by atoms with Gasteiger partial charge in [-0.2, -0.15) is 0 Å². The first-order valence-electron chi connectivity index (χ1n) is 11.2. The van der Waals surface area contributed by atoms with Gasteiger partial charge in [-0.1, -0.05) is 36.4 Å². The lowest BCUT2D eigenvalue weighted by Crippen LogP contribution is -2.51. The molecule has 2 atom stereocenters. The van der Waals surface area contributed by atoms with Crippen molar-refractivity contribution in [3.63, 3.8) is 0 Å². The molecule has 3 N–H and O–H groups in total. The first-order valence-corrected chi connectivity index (χ1v) is 11.2. The Balaban J connectivity index is 1.82. The van der Waals surface area contributed by atoms with E-state index in [-0.39, 0.29) is 36.4 Å². The van der Waals surface area contributed by atoms with Gasteiger partial charge in [-0.15, -0.1) is 0 Å². The molecule has 0 unspecified atom stereocenters. The van der Waals surface area contributed by atoms with Gasteiger partial charge in [0.1, 0.15) is 24.0 Å². The topological polar surface area (TPSA) is 100 Å². The van der Waals surface area contributed by atoms with E-state index in [1.807, 2.05) is 50.4 Å². The molecule has 0 spiro atoms. The molecule has 1 aliphatic rings. The van der Waals surface area contributed by atoms with Crippen LogP contribution in [-0.2, 0) is 11.3 Å². The molecule has 178 valence electrons. The number of carbonyl (C=O) groups excluding carboxylic acids is 1. The first-order chi connectivity index (χ1) is 16.4. The third kappa shape index (κ3) is 4.55. The second-order valence-corrected chi connectivity index (χ2v) is 8.31. The number of amides is 1. The van der Waals surface area contributed by atoms with Crippen molar-refractivity contribution in [2.45, 2.75) is 25.6 Å². The summed E-state index contributed by atoms with van der Waals surface area (Å²) in [5, 5.41) is 18.1. The third-order valence-electron chi connectivity index (χ3n) is 6.17. The molecule has 0 bridgehead atoms. The van der Waals surface area contributed by atoms with Crippen molar-refractivity contribution in [3.05, 3.63) is 65.7 Å². The summed E-state index contributed by atoms with van der Waals surface area (Å²) in [6, 6.07) is 16.1. The number of fused-ring (bicyclic) bond motifs is 2. The van der Waals surface area contributed by atoms with Crippen LogP contribution in [0.2, 0.25) is 0 Å². The van der Waals surface area contributed by atoms with Gasteiger partial charge in [-0.25, -0.2) is 4.79 Å². The van der Waals surface area contributed by atoms with Gasteiger partial charge >= 0.3 is 5.97 Å². The molecular formula is C26H29N3O5. The SMILES string of the molecule is CN[C@@H](C)CN[C@H]1COc2c(C(=O)O)cccc2N(Cc2c(OC)ccc3ccccc23)C1=O. The molecule has 0 aliphatic carbocycles. The normalized spacial score (nSPS) is 16.5. The zero-order chi connectivity index (χ0) is 24.2. The average molecular weight is 464 g/mol. The van der Waals surface area contributed by atoms with E-state index in [1.54, 1.807) is 24.1 Å². The Morgan fingerprint density at radius 1 is 1.21 bits per heavy atom. The van der Waals surface area contributed by atoms with Crippen LogP contribution in [0.3, 0.4) is 0 Å². The van der Waals surface area contributed by atoms with Crippen LogP contribution >= 0.6 is 0 Å². The summed E-state index contributed by atoms with van der Waals surface area (Å²) in [4.78, 5) is 27.3. The standard InChI is InChI=1S/C26H29N3O5/c1-16(27-2)13-28-21-15-34-24-19(26(31)32)9-6-10-22(24)29(25(21)30)14-20-18-8-5-4-7-17(18)11-12-23(20)33-3/h4-12,16,21,27-28H,13-15H2,1-3H3,(H,31,32)/t16-,21-/m0/s1. The summed E-state index contributed by atoms with van der Waals surface area (Å²) in [6.45, 7) is 2.77. The van der Waals surface area contributed by atoms with E-state index in [9.17, 15) is 14.7 Å². The number of aromatic carboxylic acids is 1. The molecule has 0 radical (unpaired) electrons. The van der Waals surface area contributed by atoms with Crippen molar-refractivity contribution in [1.82, 2.24) is 10.6 Å². The number of carboxylic acids is 1. The molecule has 0 aromatic heterocycles. The molecule has 1 heterocycles. The van der Waals surface area contributed by atoms with Crippen LogP contribution in [0, 0.1) is 0 Å². The van der Waals surface area contributed by atoms with Crippen molar-refractivity contribution < 1.29 is 24.2 Å². The summed E-state index contributed by atoms with van der Waals surface area (Å²) >= 11 is 0. The number of likely N-dealkylation sites (N-methyl/N-ethyl adjacent to an activating group) is 1. The van der Waals surface area contributed by atoms with Crippen molar-refractivity contribution in [2.75, 3.05) is 32.2 Å². The van der Waals surface area contributed by atoms with Gasteiger partial charge < -0.3 is 30.1 Å². The fourth-order valence-electron chi connectivity index (χ4n) is 4.16. The highest BCUT2D eigenvalue weighted by molar-refractivity contribution is 6.03. The number of ether oxygens (including phenoxy) is 2. The van der Waals surface area contributed by atoms with Gasteiger partial charge in [0, 0.05) is 18.2 Å². The molecule has 0 saturated carbocycles. The van der Waals surface area contributed by atoms with Crippen LogP contribution in [0.5, 0.6) is 11.5 Å². The van der Waals surface area contributed by atoms with E-state index in [0.29, 0.717) is 18.0 Å². The molecular weight excluding hydrogens is 434 g/mol. The lowest BCUT2D eigenvalue weighted by Gasteiger charge is -2.27. The molecule has 4 rings (SSSR count). The number of nitrogens with one attached hydrogen (secondary N) is 2. The Hall–Kier alpha value is -3.62. The van der Waals surface area contributed by atoms with Crippen molar-refractivity contribution in [2.24, 2.45) is 0 Å². The van der Waals surface area contributed by atoms with Gasteiger partial charge in [-0.05, 0) is 42.9 Å². The number of hydrogen-bond donors (Lipinski definition) is 3. The minimum absolute atomic E-state index is 0.0180. The van der Waals surface area contributed by atoms with E-state index in [4.69, 9.17) is 9.47 Å². The zero-order valence-corrected chi connectivity index (χ0v) is 19.5. The number of carboxylic acid groups (broad SMARTS) is 1. The predicted molar refractivity (Wildman–Crippen MR) is 131 cm³/mol. The van der Waals surface area contributed by atoms with Crippen LogP contribution in [0.15, 0.2) is 54.6 Å². The van der Waals surface area contributed by atoms with E-state index in [1.165, 1.54) is 6.07 Å². The number of benzene rings is 3. The summed E-state index contributed by atoms with van der Waals surface area (Å²) in [5.41, 5.74) is 1.28. The number of carbonyl (C=O) groups is 2. The van der Waals surface area contributed by atoms with E-state index >= 15 is 0 Å². The van der Waals surface area contributed by atoms with Crippen LogP contribution in [0.4, 0.5) is 5.69 Å². The molecule has 0 fully saturated rings. The van der Waals surface area contributed by atoms with Gasteiger partial charge in [0.2, 0.25) is 5.91 Å². The van der Waals surface area contributed by atoms with Gasteiger partial charge in [-0.3, -0.25) is 4.79 Å². The maximum absolute atomic E-state index is 13.8. The molecule has 8 heteroatoms. The fourth-order valence-corrected chi connectivity index (χ4v) is 4.16. The maximum atomic E-state index is 13.8. The number of para-hydroxylation sites is 1. The molecule has 8 nitrogen and oxygen atoms in total. The molecule has 34 heavy (non-hydrogen) atoms. The summed E-state index contributed by atoms with van der Waals surface area (Å²) in [6.07, 6.45) is 0. The number of anilines is 1. The molecule has 3 aromatic rings. The average Bonchev–Trinajstić information content (AvgIpc) is 2.98. The smallest absolute Gasteiger partial charge is 0.339 e. The molecule has 0 saturated heterocycles. The van der Waals surface area contributed by atoms with Crippen molar-refractivity contribution >= 4 is 28.3 Å². The lowest BCUT2D eigenvalue weighted by molar-refractivity contribution is -0.121. The highest BCUT2D eigenvalue weighted by Gasteiger charge is 2.34. The second kappa shape index (κ2) is 10.1. The second-order valence-electron chi connectivity index (χ2n) is 8.31. The van der Waals surface area contributed by atoms with E-state index in [0.717, 1.165) is 16.3 Å². The zero-order valence-electron chi connectivity index (χ0n) is 19.5. The third-order valence-corrected chi connectivity index (χ3v) is 6.17. The van der Waals surface area contributed by atoms with Crippen molar-refractivity contribution in [3.8, 4) is 11.5 Å². The van der Waals surface area contributed by atoms with Gasteiger partial charge in [0.05, 0.1) is 19.3 Å².